The topological polar surface area (TPSA) is 28.7 Å². The van der Waals surface area contributed by atoms with Gasteiger partial charge < -0.3 is 4.98 Å². The van der Waals surface area contributed by atoms with Gasteiger partial charge in [0.15, 0.2) is 0 Å². The molecule has 1 heterocycles. The maximum Gasteiger partial charge on any atom is 0.131 e. The highest BCUT2D eigenvalue weighted by molar-refractivity contribution is 5.80. The molecule has 0 saturated heterocycles. The van der Waals surface area contributed by atoms with Gasteiger partial charge in [0, 0.05) is 11.1 Å². The largest absolute Gasteiger partial charge is 0.338 e. The molecule has 120 valence electrons. The van der Waals surface area contributed by atoms with Gasteiger partial charge in [0.25, 0.3) is 0 Å². The van der Waals surface area contributed by atoms with Crippen LogP contribution in [0.5, 0.6) is 0 Å². The molecule has 4 aromatic rings. The number of rotatable bonds is 4. The summed E-state index contributed by atoms with van der Waals surface area (Å²) in [7, 11) is 0. The molecule has 0 aliphatic heterocycles. The van der Waals surface area contributed by atoms with Crippen molar-refractivity contribution in [3.63, 3.8) is 0 Å². The number of nitrogens with one attached hydrogen (secondary N) is 1. The zero-order valence-electron chi connectivity index (χ0n) is 13.8. The first-order chi connectivity index (χ1) is 12.4. The molecule has 0 spiro atoms. The van der Waals surface area contributed by atoms with Gasteiger partial charge in [0.05, 0.1) is 11.4 Å². The SMILES string of the molecule is C(=C\c1nc(-c2ccccc2)c(-c2ccccc2)[nH]1)/c1ccccc1. The summed E-state index contributed by atoms with van der Waals surface area (Å²) in [4.78, 5) is 8.30. The smallest absolute Gasteiger partial charge is 0.131 e. The molecule has 1 N–H and O–H groups in total. The van der Waals surface area contributed by atoms with E-state index in [9.17, 15) is 0 Å². The van der Waals surface area contributed by atoms with Crippen LogP contribution >= 0.6 is 0 Å². The number of H-pyrrole nitrogens is 1. The standard InChI is InChI=1S/C23H18N2/c1-4-10-18(11-5-1)16-17-21-24-22(19-12-6-2-7-13-19)23(25-21)20-14-8-3-9-15-20/h1-17H,(H,24,25)/b17-16+. The van der Waals surface area contributed by atoms with E-state index in [2.05, 4.69) is 47.5 Å². The average Bonchev–Trinajstić information content (AvgIpc) is 3.13. The van der Waals surface area contributed by atoms with E-state index in [0.29, 0.717) is 0 Å². The predicted molar refractivity (Wildman–Crippen MR) is 105 cm³/mol. The summed E-state index contributed by atoms with van der Waals surface area (Å²) in [6, 6.07) is 30.9. The van der Waals surface area contributed by atoms with E-state index in [0.717, 1.165) is 33.9 Å². The van der Waals surface area contributed by atoms with Crippen LogP contribution in [0.2, 0.25) is 0 Å². The summed E-state index contributed by atoms with van der Waals surface area (Å²) in [5.74, 6) is 0.849. The van der Waals surface area contributed by atoms with Crippen molar-refractivity contribution in [3.8, 4) is 22.5 Å². The Balaban J connectivity index is 1.77. The summed E-state index contributed by atoms with van der Waals surface area (Å²) in [6.07, 6.45) is 4.09. The van der Waals surface area contributed by atoms with Crippen LogP contribution in [-0.2, 0) is 0 Å². The summed E-state index contributed by atoms with van der Waals surface area (Å²) >= 11 is 0. The van der Waals surface area contributed by atoms with Gasteiger partial charge >= 0.3 is 0 Å². The minimum Gasteiger partial charge on any atom is -0.338 e. The van der Waals surface area contributed by atoms with E-state index in [1.165, 1.54) is 0 Å². The highest BCUT2D eigenvalue weighted by atomic mass is 14.9. The molecule has 0 unspecified atom stereocenters. The zero-order valence-corrected chi connectivity index (χ0v) is 13.8. The Morgan fingerprint density at radius 1 is 0.600 bits per heavy atom. The molecule has 0 amide bonds. The van der Waals surface area contributed by atoms with Crippen LogP contribution in [0.15, 0.2) is 91.0 Å². The second kappa shape index (κ2) is 7.02. The predicted octanol–water partition coefficient (Wildman–Crippen LogP) is 5.91. The number of hydrogen-bond acceptors (Lipinski definition) is 1. The Bertz CT molecular complexity index is 912. The van der Waals surface area contributed by atoms with E-state index in [1.807, 2.05) is 60.7 Å². The molecule has 0 fully saturated rings. The first-order valence-corrected chi connectivity index (χ1v) is 8.34. The summed E-state index contributed by atoms with van der Waals surface area (Å²) < 4.78 is 0. The second-order valence-electron chi connectivity index (χ2n) is 5.82. The normalized spacial score (nSPS) is 11.0. The van der Waals surface area contributed by atoms with Crippen LogP contribution in [0.4, 0.5) is 0 Å². The minimum atomic E-state index is 0.849. The maximum absolute atomic E-state index is 4.83. The van der Waals surface area contributed by atoms with Crippen molar-refractivity contribution >= 4 is 12.2 Å². The van der Waals surface area contributed by atoms with Crippen LogP contribution in [0, 0.1) is 0 Å². The van der Waals surface area contributed by atoms with E-state index in [4.69, 9.17) is 4.98 Å². The van der Waals surface area contributed by atoms with Crippen molar-refractivity contribution in [2.45, 2.75) is 0 Å². The van der Waals surface area contributed by atoms with Gasteiger partial charge in [-0.3, -0.25) is 0 Å². The molecule has 0 bridgehead atoms. The molecule has 0 aliphatic rings. The minimum absolute atomic E-state index is 0.849. The summed E-state index contributed by atoms with van der Waals surface area (Å²) in [5, 5.41) is 0. The molecule has 1 aromatic heterocycles. The molecule has 25 heavy (non-hydrogen) atoms. The highest BCUT2D eigenvalue weighted by Gasteiger charge is 2.12. The van der Waals surface area contributed by atoms with Gasteiger partial charge in [0.2, 0.25) is 0 Å². The quantitative estimate of drug-likeness (QED) is 0.497. The number of nitrogens with zero attached hydrogens (tertiary/aromatic N) is 1. The van der Waals surface area contributed by atoms with Gasteiger partial charge in [-0.15, -0.1) is 0 Å². The second-order valence-corrected chi connectivity index (χ2v) is 5.82. The molecular formula is C23H18N2. The van der Waals surface area contributed by atoms with Crippen LogP contribution in [0.3, 0.4) is 0 Å². The van der Waals surface area contributed by atoms with E-state index < -0.39 is 0 Å². The van der Waals surface area contributed by atoms with Gasteiger partial charge in [-0.05, 0) is 11.6 Å². The van der Waals surface area contributed by atoms with E-state index >= 15 is 0 Å². The molecule has 0 atom stereocenters. The van der Waals surface area contributed by atoms with E-state index in [-0.39, 0.29) is 0 Å². The average molecular weight is 322 g/mol. The molecule has 4 rings (SSSR count). The molecule has 0 saturated carbocycles. The van der Waals surface area contributed by atoms with Gasteiger partial charge in [-0.1, -0.05) is 97.1 Å². The fourth-order valence-electron chi connectivity index (χ4n) is 2.83. The number of aromatic amines is 1. The summed E-state index contributed by atoms with van der Waals surface area (Å²) in [5.41, 5.74) is 5.41. The Morgan fingerprint density at radius 2 is 1.16 bits per heavy atom. The molecule has 2 heteroatoms. The van der Waals surface area contributed by atoms with Crippen molar-refractivity contribution in [1.29, 1.82) is 0 Å². The number of benzene rings is 3. The van der Waals surface area contributed by atoms with E-state index in [1.54, 1.807) is 0 Å². The lowest BCUT2D eigenvalue weighted by Gasteiger charge is -2.02. The van der Waals surface area contributed by atoms with Crippen molar-refractivity contribution in [3.05, 3.63) is 102 Å². The van der Waals surface area contributed by atoms with Gasteiger partial charge in [-0.2, -0.15) is 0 Å². The first-order valence-electron chi connectivity index (χ1n) is 8.34. The summed E-state index contributed by atoms with van der Waals surface area (Å²) in [6.45, 7) is 0. The van der Waals surface area contributed by atoms with Crippen molar-refractivity contribution < 1.29 is 0 Å². The lowest BCUT2D eigenvalue weighted by Crippen LogP contribution is -1.82. The third kappa shape index (κ3) is 3.43. The van der Waals surface area contributed by atoms with Crippen LogP contribution < -0.4 is 0 Å². The number of hydrogen-bond donors (Lipinski definition) is 1. The van der Waals surface area contributed by atoms with Crippen LogP contribution in [0.25, 0.3) is 34.7 Å². The molecule has 0 aliphatic carbocycles. The molecular weight excluding hydrogens is 304 g/mol. The first kappa shape index (κ1) is 15.2. The lowest BCUT2D eigenvalue weighted by atomic mass is 10.1. The van der Waals surface area contributed by atoms with Crippen LogP contribution in [0.1, 0.15) is 11.4 Å². The highest BCUT2D eigenvalue weighted by Crippen LogP contribution is 2.30. The fraction of sp³-hybridized carbons (Fsp3) is 0. The number of aromatic nitrogens is 2. The third-order valence-corrected chi connectivity index (χ3v) is 4.07. The van der Waals surface area contributed by atoms with Crippen molar-refractivity contribution in [2.24, 2.45) is 0 Å². The lowest BCUT2D eigenvalue weighted by molar-refractivity contribution is 1.27. The Hall–Kier alpha value is -3.39. The Kier molecular flexibility index (Phi) is 4.25. The maximum atomic E-state index is 4.83. The number of imidazole rings is 1. The monoisotopic (exact) mass is 322 g/mol. The Labute approximate surface area is 147 Å². The Morgan fingerprint density at radius 3 is 1.80 bits per heavy atom. The van der Waals surface area contributed by atoms with Crippen LogP contribution in [-0.4, -0.2) is 9.97 Å². The molecule has 2 nitrogen and oxygen atoms in total. The third-order valence-electron chi connectivity index (χ3n) is 4.07. The molecule has 3 aromatic carbocycles. The van der Waals surface area contributed by atoms with Crippen molar-refractivity contribution in [2.75, 3.05) is 0 Å². The van der Waals surface area contributed by atoms with Gasteiger partial charge in [-0.25, -0.2) is 4.98 Å². The molecule has 0 radical (unpaired) electrons. The van der Waals surface area contributed by atoms with Gasteiger partial charge in [0.1, 0.15) is 5.82 Å². The zero-order chi connectivity index (χ0) is 16.9. The van der Waals surface area contributed by atoms with Crippen molar-refractivity contribution in [1.82, 2.24) is 9.97 Å². The fourth-order valence-corrected chi connectivity index (χ4v) is 2.83.